The standard InChI is InChI=1S/C7H9N3/c1-4-10-6(2)7(5-8)9-3/h4H,3H2,1-2H3/b7-6-,10-4?. The van der Waals surface area contributed by atoms with Crippen LogP contribution in [-0.2, 0) is 0 Å². The summed E-state index contributed by atoms with van der Waals surface area (Å²) in [4.78, 5) is 7.34. The summed E-state index contributed by atoms with van der Waals surface area (Å²) < 4.78 is 0. The van der Waals surface area contributed by atoms with Crippen molar-refractivity contribution < 1.29 is 0 Å². The lowest BCUT2D eigenvalue weighted by atomic mass is 10.4. The van der Waals surface area contributed by atoms with Gasteiger partial charge >= 0.3 is 0 Å². The maximum Gasteiger partial charge on any atom is 0.160 e. The van der Waals surface area contributed by atoms with Gasteiger partial charge in [-0.15, -0.1) is 0 Å². The second kappa shape index (κ2) is 4.45. The molecule has 52 valence electrons. The first-order valence-electron chi connectivity index (χ1n) is 2.82. The second-order valence-electron chi connectivity index (χ2n) is 1.59. The molecule has 0 aliphatic rings. The molecule has 0 rings (SSSR count). The van der Waals surface area contributed by atoms with Gasteiger partial charge in [-0.3, -0.25) is 9.98 Å². The average molecular weight is 135 g/mol. The van der Waals surface area contributed by atoms with Crippen molar-refractivity contribution in [2.45, 2.75) is 13.8 Å². The van der Waals surface area contributed by atoms with Gasteiger partial charge in [-0.2, -0.15) is 5.26 Å². The molecule has 0 aromatic heterocycles. The number of nitrogens with zero attached hydrogens (tertiary/aromatic N) is 3. The molecule has 0 fully saturated rings. The first-order chi connectivity index (χ1) is 4.76. The molecule has 0 bridgehead atoms. The van der Waals surface area contributed by atoms with E-state index in [1.807, 2.05) is 6.07 Å². The van der Waals surface area contributed by atoms with Crippen molar-refractivity contribution in [2.75, 3.05) is 0 Å². The monoisotopic (exact) mass is 135 g/mol. The second-order valence-corrected chi connectivity index (χ2v) is 1.59. The third-order valence-electron chi connectivity index (χ3n) is 0.929. The molecule has 0 N–H and O–H groups in total. The fourth-order valence-corrected chi connectivity index (χ4v) is 0.485. The Bertz CT molecular complexity index is 217. The van der Waals surface area contributed by atoms with Gasteiger partial charge < -0.3 is 0 Å². The van der Waals surface area contributed by atoms with Gasteiger partial charge in [-0.1, -0.05) is 0 Å². The van der Waals surface area contributed by atoms with E-state index in [9.17, 15) is 0 Å². The van der Waals surface area contributed by atoms with Gasteiger partial charge in [0.25, 0.3) is 0 Å². The number of rotatable bonds is 2. The topological polar surface area (TPSA) is 48.5 Å². The Morgan fingerprint density at radius 2 is 2.30 bits per heavy atom. The summed E-state index contributed by atoms with van der Waals surface area (Å²) in [6.07, 6.45) is 1.61. The van der Waals surface area contributed by atoms with E-state index < -0.39 is 0 Å². The molecule has 0 aliphatic heterocycles. The van der Waals surface area contributed by atoms with Crippen LogP contribution in [-0.4, -0.2) is 12.9 Å². The number of allylic oxidation sites excluding steroid dienone is 2. The molecule has 0 spiro atoms. The first-order valence-corrected chi connectivity index (χ1v) is 2.82. The van der Waals surface area contributed by atoms with Crippen molar-refractivity contribution in [3.05, 3.63) is 11.4 Å². The number of hydrogen-bond donors (Lipinski definition) is 0. The van der Waals surface area contributed by atoms with Crippen LogP contribution in [0.5, 0.6) is 0 Å². The highest BCUT2D eigenvalue weighted by Gasteiger charge is 1.93. The molecular formula is C7H9N3. The lowest BCUT2D eigenvalue weighted by Crippen LogP contribution is -1.78. The van der Waals surface area contributed by atoms with Crippen LogP contribution in [0, 0.1) is 11.3 Å². The Balaban J connectivity index is 4.64. The molecule has 0 unspecified atom stereocenters. The highest BCUT2D eigenvalue weighted by Crippen LogP contribution is 2.03. The summed E-state index contributed by atoms with van der Waals surface area (Å²) in [5, 5.41) is 8.41. The van der Waals surface area contributed by atoms with E-state index in [-0.39, 0.29) is 5.70 Å². The van der Waals surface area contributed by atoms with Crippen LogP contribution in [0.25, 0.3) is 0 Å². The zero-order valence-electron chi connectivity index (χ0n) is 6.13. The van der Waals surface area contributed by atoms with Crippen molar-refractivity contribution in [2.24, 2.45) is 9.98 Å². The Kier molecular flexibility index (Phi) is 3.81. The third-order valence-corrected chi connectivity index (χ3v) is 0.929. The molecule has 3 heteroatoms. The van der Waals surface area contributed by atoms with E-state index in [1.54, 1.807) is 20.1 Å². The molecule has 3 nitrogen and oxygen atoms in total. The SMILES string of the molecule is C=N/C(C#N)=C(/C)N=CC. The minimum Gasteiger partial charge on any atom is -0.263 e. The largest absolute Gasteiger partial charge is 0.263 e. The van der Waals surface area contributed by atoms with Gasteiger partial charge in [0.2, 0.25) is 0 Å². The van der Waals surface area contributed by atoms with E-state index >= 15 is 0 Å². The van der Waals surface area contributed by atoms with Crippen LogP contribution in [0.15, 0.2) is 21.4 Å². The molecule has 0 aromatic rings. The lowest BCUT2D eigenvalue weighted by Gasteiger charge is -1.89. The van der Waals surface area contributed by atoms with Gasteiger partial charge in [0.05, 0.1) is 5.70 Å². The maximum atomic E-state index is 8.41. The summed E-state index contributed by atoms with van der Waals surface area (Å²) >= 11 is 0. The summed E-state index contributed by atoms with van der Waals surface area (Å²) in [6, 6.07) is 1.87. The molecular weight excluding hydrogens is 126 g/mol. The van der Waals surface area contributed by atoms with Gasteiger partial charge in [0.1, 0.15) is 6.07 Å². The van der Waals surface area contributed by atoms with Gasteiger partial charge in [-0.25, -0.2) is 0 Å². The van der Waals surface area contributed by atoms with Gasteiger partial charge in [0, 0.05) is 6.21 Å². The minimum atomic E-state index is 0.276. The minimum absolute atomic E-state index is 0.276. The van der Waals surface area contributed by atoms with E-state index in [4.69, 9.17) is 5.26 Å². The lowest BCUT2D eigenvalue weighted by molar-refractivity contribution is 1.22. The first kappa shape index (κ1) is 8.57. The summed E-state index contributed by atoms with van der Waals surface area (Å²) in [5.74, 6) is 0. The Hall–Kier alpha value is -1.43. The molecule has 0 saturated heterocycles. The van der Waals surface area contributed by atoms with Crippen molar-refractivity contribution in [3.8, 4) is 6.07 Å². The average Bonchev–Trinajstić information content (AvgIpc) is 1.91. The van der Waals surface area contributed by atoms with Gasteiger partial charge in [0.15, 0.2) is 5.70 Å². The fraction of sp³-hybridized carbons (Fsp3) is 0.286. The van der Waals surface area contributed by atoms with E-state index in [0.29, 0.717) is 5.70 Å². The van der Waals surface area contributed by atoms with Crippen LogP contribution < -0.4 is 0 Å². The zero-order valence-corrected chi connectivity index (χ0v) is 6.13. The molecule has 0 aromatic carbocycles. The fourth-order valence-electron chi connectivity index (χ4n) is 0.485. The van der Waals surface area contributed by atoms with Gasteiger partial charge in [-0.05, 0) is 20.6 Å². The van der Waals surface area contributed by atoms with Crippen LogP contribution in [0.1, 0.15) is 13.8 Å². The molecule has 0 atom stereocenters. The van der Waals surface area contributed by atoms with Crippen molar-refractivity contribution >= 4 is 12.9 Å². The highest BCUT2D eigenvalue weighted by molar-refractivity contribution is 5.56. The number of nitriles is 1. The zero-order chi connectivity index (χ0) is 7.98. The van der Waals surface area contributed by atoms with E-state index in [2.05, 4.69) is 16.7 Å². The summed E-state index contributed by atoms with van der Waals surface area (Å²) in [6.45, 7) is 6.73. The van der Waals surface area contributed by atoms with Crippen LogP contribution in [0.3, 0.4) is 0 Å². The van der Waals surface area contributed by atoms with Crippen molar-refractivity contribution in [1.29, 1.82) is 5.26 Å². The summed E-state index contributed by atoms with van der Waals surface area (Å²) in [5.41, 5.74) is 0.873. The third kappa shape index (κ3) is 2.23. The normalized spacial score (nSPS) is 12.5. The molecule has 10 heavy (non-hydrogen) atoms. The Morgan fingerprint density at radius 3 is 2.60 bits per heavy atom. The van der Waals surface area contributed by atoms with Crippen molar-refractivity contribution in [1.82, 2.24) is 0 Å². The van der Waals surface area contributed by atoms with E-state index in [1.165, 1.54) is 0 Å². The smallest absolute Gasteiger partial charge is 0.160 e. The molecule has 0 radical (unpaired) electrons. The molecule has 0 aliphatic carbocycles. The van der Waals surface area contributed by atoms with E-state index in [0.717, 1.165) is 0 Å². The van der Waals surface area contributed by atoms with Crippen molar-refractivity contribution in [3.63, 3.8) is 0 Å². The maximum absolute atomic E-state index is 8.41. The molecule has 0 saturated carbocycles. The number of hydrogen-bond acceptors (Lipinski definition) is 3. The predicted octanol–water partition coefficient (Wildman–Crippen LogP) is 1.53. The van der Waals surface area contributed by atoms with Crippen LogP contribution >= 0.6 is 0 Å². The Morgan fingerprint density at radius 1 is 1.70 bits per heavy atom. The Labute approximate surface area is 60.4 Å². The number of aliphatic imine (C=N–C) groups is 2. The van der Waals surface area contributed by atoms with Crippen LogP contribution in [0.2, 0.25) is 0 Å². The molecule has 0 heterocycles. The predicted molar refractivity (Wildman–Crippen MR) is 42.0 cm³/mol. The van der Waals surface area contributed by atoms with Crippen LogP contribution in [0.4, 0.5) is 0 Å². The summed E-state index contributed by atoms with van der Waals surface area (Å²) in [7, 11) is 0. The quantitative estimate of drug-likeness (QED) is 0.418. The highest BCUT2D eigenvalue weighted by atomic mass is 14.8. The molecule has 0 amide bonds.